The molecule has 0 radical (unpaired) electrons. The van der Waals surface area contributed by atoms with Gasteiger partial charge in [0.15, 0.2) is 0 Å². The van der Waals surface area contributed by atoms with Gasteiger partial charge in [-0.25, -0.2) is 4.39 Å². The van der Waals surface area contributed by atoms with Crippen molar-refractivity contribution in [3.05, 3.63) is 29.6 Å². The maximum Gasteiger partial charge on any atom is 0.147 e. The highest BCUT2D eigenvalue weighted by atomic mass is 19.1. The Kier molecular flexibility index (Phi) is 2.95. The van der Waals surface area contributed by atoms with Crippen molar-refractivity contribution in [2.24, 2.45) is 5.92 Å². The van der Waals surface area contributed by atoms with Gasteiger partial charge in [0.1, 0.15) is 5.82 Å². The van der Waals surface area contributed by atoms with Gasteiger partial charge < -0.3 is 4.90 Å². The van der Waals surface area contributed by atoms with E-state index in [1.54, 1.807) is 12.1 Å². The molecule has 2 unspecified atom stereocenters. The molecule has 2 nitrogen and oxygen atoms in total. The molecule has 0 spiro atoms. The van der Waals surface area contributed by atoms with E-state index in [9.17, 15) is 4.39 Å². The molecule has 0 aromatic heterocycles. The van der Waals surface area contributed by atoms with Crippen LogP contribution < -0.4 is 4.90 Å². The first-order chi connectivity index (χ1) is 8.79. The second-order valence-corrected chi connectivity index (χ2v) is 5.37. The number of fused-ring (bicyclic) bond motifs is 1. The first kappa shape index (κ1) is 11.5. The maximum atomic E-state index is 14.1. The van der Waals surface area contributed by atoms with Gasteiger partial charge in [-0.3, -0.25) is 0 Å². The molecule has 0 amide bonds. The van der Waals surface area contributed by atoms with E-state index in [1.165, 1.54) is 31.7 Å². The highest BCUT2D eigenvalue weighted by Crippen LogP contribution is 2.39. The molecule has 2 atom stereocenters. The monoisotopic (exact) mass is 244 g/mol. The summed E-state index contributed by atoms with van der Waals surface area (Å²) in [6, 6.07) is 7.35. The highest BCUT2D eigenvalue weighted by Gasteiger charge is 2.35. The molecule has 1 aromatic rings. The van der Waals surface area contributed by atoms with Crippen molar-refractivity contribution in [3.8, 4) is 6.07 Å². The van der Waals surface area contributed by atoms with Gasteiger partial charge in [-0.15, -0.1) is 0 Å². The Morgan fingerprint density at radius 2 is 2.06 bits per heavy atom. The van der Waals surface area contributed by atoms with E-state index in [0.717, 1.165) is 18.9 Å². The average Bonchev–Trinajstić information content (AvgIpc) is 2.87. The van der Waals surface area contributed by atoms with Gasteiger partial charge in [-0.2, -0.15) is 5.26 Å². The number of benzene rings is 1. The first-order valence-electron chi connectivity index (χ1n) is 6.76. The van der Waals surface area contributed by atoms with Crippen LogP contribution in [0, 0.1) is 23.1 Å². The number of nitriles is 1. The SMILES string of the molecule is N#Cc1ccc(N2CCCC3CCCC32)c(F)c1. The van der Waals surface area contributed by atoms with Crippen molar-refractivity contribution in [3.63, 3.8) is 0 Å². The van der Waals surface area contributed by atoms with Gasteiger partial charge in [-0.1, -0.05) is 6.42 Å². The molecule has 0 bridgehead atoms. The van der Waals surface area contributed by atoms with E-state index >= 15 is 0 Å². The van der Waals surface area contributed by atoms with Crippen molar-refractivity contribution >= 4 is 5.69 Å². The Hall–Kier alpha value is -1.56. The van der Waals surface area contributed by atoms with E-state index in [-0.39, 0.29) is 5.82 Å². The quantitative estimate of drug-likeness (QED) is 0.756. The van der Waals surface area contributed by atoms with Crippen LogP contribution in [0.15, 0.2) is 18.2 Å². The summed E-state index contributed by atoms with van der Waals surface area (Å²) in [5.41, 5.74) is 1.09. The number of halogens is 1. The Morgan fingerprint density at radius 1 is 1.22 bits per heavy atom. The van der Waals surface area contributed by atoms with Crippen LogP contribution in [-0.4, -0.2) is 12.6 Å². The summed E-state index contributed by atoms with van der Waals surface area (Å²) < 4.78 is 14.1. The third-order valence-electron chi connectivity index (χ3n) is 4.38. The summed E-state index contributed by atoms with van der Waals surface area (Å²) in [5.74, 6) is 0.496. The minimum atomic E-state index is -0.249. The molecule has 18 heavy (non-hydrogen) atoms. The van der Waals surface area contributed by atoms with Crippen LogP contribution in [-0.2, 0) is 0 Å². The number of nitrogens with zero attached hydrogens (tertiary/aromatic N) is 2. The molecule has 2 fully saturated rings. The summed E-state index contributed by atoms with van der Waals surface area (Å²) in [6.45, 7) is 0.948. The predicted molar refractivity (Wildman–Crippen MR) is 68.8 cm³/mol. The highest BCUT2D eigenvalue weighted by molar-refractivity contribution is 5.52. The summed E-state index contributed by atoms with van der Waals surface area (Å²) in [6.07, 6.45) is 6.19. The molecule has 94 valence electrons. The molecule has 3 rings (SSSR count). The van der Waals surface area contributed by atoms with Crippen molar-refractivity contribution in [1.82, 2.24) is 0 Å². The van der Waals surface area contributed by atoms with Crippen molar-refractivity contribution in [2.45, 2.75) is 38.1 Å². The van der Waals surface area contributed by atoms with Crippen LogP contribution in [0.5, 0.6) is 0 Å². The van der Waals surface area contributed by atoms with E-state index in [0.29, 0.717) is 17.3 Å². The zero-order valence-corrected chi connectivity index (χ0v) is 10.4. The maximum absolute atomic E-state index is 14.1. The molecule has 1 saturated heterocycles. The van der Waals surface area contributed by atoms with E-state index < -0.39 is 0 Å². The molecule has 2 aliphatic rings. The third-order valence-corrected chi connectivity index (χ3v) is 4.38. The Labute approximate surface area is 107 Å². The lowest BCUT2D eigenvalue weighted by Gasteiger charge is -2.39. The van der Waals surface area contributed by atoms with E-state index in [4.69, 9.17) is 5.26 Å². The lowest BCUT2D eigenvalue weighted by Crippen LogP contribution is -2.43. The van der Waals surface area contributed by atoms with Gasteiger partial charge in [0, 0.05) is 12.6 Å². The molecule has 1 saturated carbocycles. The standard InChI is InChI=1S/C15H17FN2/c16-13-9-11(10-17)6-7-15(13)18-8-2-4-12-3-1-5-14(12)18/h6-7,9,12,14H,1-5,8H2. The number of piperidine rings is 1. The Bertz CT molecular complexity index is 492. The summed E-state index contributed by atoms with van der Waals surface area (Å²) >= 11 is 0. The van der Waals surface area contributed by atoms with Gasteiger partial charge in [0.25, 0.3) is 0 Å². The number of anilines is 1. The number of hydrogen-bond donors (Lipinski definition) is 0. The van der Waals surface area contributed by atoms with Crippen LogP contribution in [0.3, 0.4) is 0 Å². The van der Waals surface area contributed by atoms with Crippen LogP contribution >= 0.6 is 0 Å². The van der Waals surface area contributed by atoms with Gasteiger partial charge in [0.2, 0.25) is 0 Å². The zero-order valence-electron chi connectivity index (χ0n) is 10.4. The third kappa shape index (κ3) is 1.86. The fraction of sp³-hybridized carbons (Fsp3) is 0.533. The fourth-order valence-corrected chi connectivity index (χ4v) is 3.56. The Morgan fingerprint density at radius 3 is 2.83 bits per heavy atom. The number of hydrogen-bond acceptors (Lipinski definition) is 2. The van der Waals surface area contributed by atoms with Crippen molar-refractivity contribution in [1.29, 1.82) is 5.26 Å². The molecule has 0 N–H and O–H groups in total. The van der Waals surface area contributed by atoms with E-state index in [2.05, 4.69) is 4.90 Å². The van der Waals surface area contributed by atoms with Crippen LogP contribution in [0.4, 0.5) is 10.1 Å². The van der Waals surface area contributed by atoms with Crippen molar-refractivity contribution in [2.75, 3.05) is 11.4 Å². The normalized spacial score (nSPS) is 26.8. The van der Waals surface area contributed by atoms with Gasteiger partial charge in [-0.05, 0) is 49.8 Å². The predicted octanol–water partition coefficient (Wildman–Crippen LogP) is 3.47. The van der Waals surface area contributed by atoms with Crippen LogP contribution in [0.2, 0.25) is 0 Å². The summed E-state index contributed by atoms with van der Waals surface area (Å²) in [7, 11) is 0. The molecule has 3 heteroatoms. The smallest absolute Gasteiger partial charge is 0.147 e. The Balaban J connectivity index is 1.92. The van der Waals surface area contributed by atoms with Crippen LogP contribution in [0.1, 0.15) is 37.7 Å². The molecule has 1 aliphatic carbocycles. The lowest BCUT2D eigenvalue weighted by molar-refractivity contribution is 0.359. The van der Waals surface area contributed by atoms with Crippen molar-refractivity contribution < 1.29 is 4.39 Å². The van der Waals surface area contributed by atoms with Crippen LogP contribution in [0.25, 0.3) is 0 Å². The second kappa shape index (κ2) is 4.61. The topological polar surface area (TPSA) is 27.0 Å². The zero-order chi connectivity index (χ0) is 12.5. The summed E-state index contributed by atoms with van der Waals surface area (Å²) in [4.78, 5) is 2.23. The first-order valence-corrected chi connectivity index (χ1v) is 6.76. The van der Waals surface area contributed by atoms with E-state index in [1.807, 2.05) is 6.07 Å². The largest absolute Gasteiger partial charge is 0.366 e. The minimum absolute atomic E-state index is 0.249. The molecule has 1 aliphatic heterocycles. The average molecular weight is 244 g/mol. The number of rotatable bonds is 1. The molecular weight excluding hydrogens is 227 g/mol. The molecule has 1 heterocycles. The minimum Gasteiger partial charge on any atom is -0.366 e. The van der Waals surface area contributed by atoms with Gasteiger partial charge >= 0.3 is 0 Å². The summed E-state index contributed by atoms with van der Waals surface area (Å²) in [5, 5.41) is 8.78. The molecule has 1 aromatic carbocycles. The van der Waals surface area contributed by atoms with Gasteiger partial charge in [0.05, 0.1) is 17.3 Å². The molecular formula is C15H17FN2. The lowest BCUT2D eigenvalue weighted by atomic mass is 9.91. The fourth-order valence-electron chi connectivity index (χ4n) is 3.56. The second-order valence-electron chi connectivity index (χ2n) is 5.37.